The zero-order chi connectivity index (χ0) is 26.5. The van der Waals surface area contributed by atoms with Crippen LogP contribution in [0, 0.1) is 13.8 Å². The quantitative estimate of drug-likeness (QED) is 0.370. The number of nitrogens with zero attached hydrogens (tertiary/aromatic N) is 1. The minimum absolute atomic E-state index is 0.150. The monoisotopic (exact) mass is 496 g/mol. The van der Waals surface area contributed by atoms with E-state index in [1.807, 2.05) is 26.0 Å². The molecule has 37 heavy (non-hydrogen) atoms. The molecule has 3 aromatic rings. The Hall–Kier alpha value is -4.79. The Kier molecular flexibility index (Phi) is 5.63. The largest absolute Gasteiger partial charge is 0.348 e. The van der Waals surface area contributed by atoms with Crippen LogP contribution in [0.1, 0.15) is 60.3 Å². The van der Waals surface area contributed by atoms with Gasteiger partial charge in [-0.3, -0.25) is 24.5 Å². The van der Waals surface area contributed by atoms with Gasteiger partial charge in [-0.25, -0.2) is 9.69 Å². The highest BCUT2D eigenvalue weighted by atomic mass is 16.2. The van der Waals surface area contributed by atoms with E-state index in [2.05, 4.69) is 16.0 Å². The zero-order valence-corrected chi connectivity index (χ0v) is 20.5. The predicted octanol–water partition coefficient (Wildman–Crippen LogP) is 3.09. The van der Waals surface area contributed by atoms with Gasteiger partial charge in [0, 0.05) is 12.1 Å². The third-order valence-corrected chi connectivity index (χ3v) is 6.76. The van der Waals surface area contributed by atoms with Crippen molar-refractivity contribution in [2.45, 2.75) is 32.9 Å². The van der Waals surface area contributed by atoms with E-state index in [0.717, 1.165) is 21.6 Å². The number of amides is 6. The Bertz CT molecular complexity index is 1530. The number of anilines is 1. The Labute approximate surface area is 212 Å². The molecule has 3 aromatic carbocycles. The molecule has 2 heterocycles. The number of benzene rings is 3. The number of hydrogen-bond acceptors (Lipinski definition) is 5. The number of rotatable bonds is 5. The smallest absolute Gasteiger partial charge is 0.322 e. The molecule has 0 aromatic heterocycles. The molecule has 1 atom stereocenters. The average molecular weight is 497 g/mol. The second kappa shape index (κ2) is 8.70. The molecule has 186 valence electrons. The van der Waals surface area contributed by atoms with E-state index in [1.165, 1.54) is 18.2 Å². The normalized spacial score (nSPS) is 18.5. The van der Waals surface area contributed by atoms with Crippen LogP contribution in [0.4, 0.5) is 10.5 Å². The van der Waals surface area contributed by atoms with Crippen LogP contribution in [-0.2, 0) is 16.9 Å². The second-order valence-electron chi connectivity index (χ2n) is 9.41. The van der Waals surface area contributed by atoms with Crippen LogP contribution in [0.3, 0.4) is 0 Å². The summed E-state index contributed by atoms with van der Waals surface area (Å²) in [6, 6.07) is 16.4. The van der Waals surface area contributed by atoms with Crippen LogP contribution in [0.5, 0.6) is 0 Å². The van der Waals surface area contributed by atoms with Crippen molar-refractivity contribution in [1.82, 2.24) is 16.0 Å². The summed E-state index contributed by atoms with van der Waals surface area (Å²) >= 11 is 0. The number of carbonyl (C=O) groups excluding carboxylic acids is 5. The van der Waals surface area contributed by atoms with Gasteiger partial charge < -0.3 is 10.6 Å². The molecule has 0 saturated carbocycles. The van der Waals surface area contributed by atoms with Crippen LogP contribution in [-0.4, -0.2) is 29.7 Å². The van der Waals surface area contributed by atoms with Crippen LogP contribution in [0.25, 0.3) is 0 Å². The first-order valence-corrected chi connectivity index (χ1v) is 11.7. The lowest BCUT2D eigenvalue weighted by Crippen LogP contribution is -2.40. The molecule has 2 aliphatic rings. The fourth-order valence-corrected chi connectivity index (χ4v) is 4.58. The second-order valence-corrected chi connectivity index (χ2v) is 9.41. The van der Waals surface area contributed by atoms with Crippen molar-refractivity contribution in [2.75, 3.05) is 4.90 Å². The lowest BCUT2D eigenvalue weighted by Gasteiger charge is -2.21. The van der Waals surface area contributed by atoms with Gasteiger partial charge >= 0.3 is 6.03 Å². The van der Waals surface area contributed by atoms with Crippen molar-refractivity contribution in [2.24, 2.45) is 0 Å². The molecule has 9 heteroatoms. The molecule has 9 nitrogen and oxygen atoms in total. The maximum atomic E-state index is 13.2. The minimum Gasteiger partial charge on any atom is -0.348 e. The van der Waals surface area contributed by atoms with Gasteiger partial charge in [-0.2, -0.15) is 0 Å². The first-order chi connectivity index (χ1) is 17.6. The Morgan fingerprint density at radius 2 is 1.68 bits per heavy atom. The van der Waals surface area contributed by atoms with E-state index in [1.54, 1.807) is 37.3 Å². The third-order valence-electron chi connectivity index (χ3n) is 6.76. The van der Waals surface area contributed by atoms with Gasteiger partial charge in [0.15, 0.2) is 0 Å². The first kappa shape index (κ1) is 23.9. The van der Waals surface area contributed by atoms with Crippen molar-refractivity contribution in [1.29, 1.82) is 0 Å². The van der Waals surface area contributed by atoms with Gasteiger partial charge in [0.2, 0.25) is 0 Å². The highest BCUT2D eigenvalue weighted by Crippen LogP contribution is 2.32. The molecule has 0 spiro atoms. The standard InChI is InChI=1S/C28H24N4O5/c1-15-7-8-16(2)22(11-15)32-24(34)20-10-9-18(13-21(20)25(32)35)23(33)29-14-17-5-4-6-19(12-17)28(3)26(36)30-27(37)31-28/h4-13H,14H2,1-3H3,(H,29,33)(H2,30,31,36,37). The molecule has 0 aliphatic carbocycles. The number of imide groups is 2. The summed E-state index contributed by atoms with van der Waals surface area (Å²) in [4.78, 5) is 64.1. The fourth-order valence-electron chi connectivity index (χ4n) is 4.58. The Balaban J connectivity index is 1.33. The number of nitrogens with one attached hydrogen (secondary N) is 3. The number of aryl methyl sites for hydroxylation is 2. The van der Waals surface area contributed by atoms with Gasteiger partial charge in [0.25, 0.3) is 23.6 Å². The molecule has 0 bridgehead atoms. The van der Waals surface area contributed by atoms with Crippen molar-refractivity contribution in [3.63, 3.8) is 0 Å². The number of hydrogen-bond donors (Lipinski definition) is 3. The lowest BCUT2D eigenvalue weighted by atomic mass is 9.91. The van der Waals surface area contributed by atoms with E-state index in [9.17, 15) is 24.0 Å². The van der Waals surface area contributed by atoms with Gasteiger partial charge in [-0.15, -0.1) is 0 Å². The van der Waals surface area contributed by atoms with Gasteiger partial charge in [0.1, 0.15) is 5.54 Å². The van der Waals surface area contributed by atoms with Crippen LogP contribution in [0.15, 0.2) is 60.7 Å². The molecular weight excluding hydrogens is 472 g/mol. The number of carbonyl (C=O) groups is 5. The van der Waals surface area contributed by atoms with Gasteiger partial charge in [-0.05, 0) is 67.3 Å². The number of fused-ring (bicyclic) bond motifs is 1. The molecule has 1 saturated heterocycles. The van der Waals surface area contributed by atoms with Crippen molar-refractivity contribution in [3.8, 4) is 0 Å². The Morgan fingerprint density at radius 1 is 0.919 bits per heavy atom. The first-order valence-electron chi connectivity index (χ1n) is 11.7. The molecule has 2 aliphatic heterocycles. The average Bonchev–Trinajstić information content (AvgIpc) is 3.29. The highest BCUT2D eigenvalue weighted by Gasteiger charge is 2.43. The van der Waals surface area contributed by atoms with Gasteiger partial charge in [-0.1, -0.05) is 36.4 Å². The van der Waals surface area contributed by atoms with Crippen LogP contribution < -0.4 is 20.9 Å². The molecular formula is C28H24N4O5. The van der Waals surface area contributed by atoms with E-state index in [-0.39, 0.29) is 23.2 Å². The van der Waals surface area contributed by atoms with E-state index < -0.39 is 35.2 Å². The number of urea groups is 1. The van der Waals surface area contributed by atoms with Crippen molar-refractivity contribution in [3.05, 3.63) is 99.6 Å². The zero-order valence-electron chi connectivity index (χ0n) is 20.5. The van der Waals surface area contributed by atoms with Crippen molar-refractivity contribution < 1.29 is 24.0 Å². The molecule has 1 unspecified atom stereocenters. The lowest BCUT2D eigenvalue weighted by molar-refractivity contribution is -0.123. The molecule has 6 amide bonds. The van der Waals surface area contributed by atoms with E-state index in [4.69, 9.17) is 0 Å². The summed E-state index contributed by atoms with van der Waals surface area (Å²) in [5.74, 6) is -1.77. The van der Waals surface area contributed by atoms with E-state index >= 15 is 0 Å². The topological polar surface area (TPSA) is 125 Å². The predicted molar refractivity (Wildman–Crippen MR) is 135 cm³/mol. The molecule has 5 rings (SSSR count). The van der Waals surface area contributed by atoms with Gasteiger partial charge in [0.05, 0.1) is 16.8 Å². The molecule has 1 fully saturated rings. The molecule has 3 N–H and O–H groups in total. The molecule has 0 radical (unpaired) electrons. The SMILES string of the molecule is Cc1ccc(C)c(N2C(=O)c3ccc(C(=O)NCc4cccc(C5(C)NC(=O)NC5=O)c4)cc3C2=O)c1. The summed E-state index contributed by atoms with van der Waals surface area (Å²) < 4.78 is 0. The fraction of sp³-hybridized carbons (Fsp3) is 0.179. The van der Waals surface area contributed by atoms with Crippen molar-refractivity contribution >= 4 is 35.3 Å². The summed E-state index contributed by atoms with van der Waals surface area (Å²) in [5, 5.41) is 7.65. The van der Waals surface area contributed by atoms with Crippen LogP contribution >= 0.6 is 0 Å². The minimum atomic E-state index is -1.20. The van der Waals surface area contributed by atoms with E-state index in [0.29, 0.717) is 11.3 Å². The summed E-state index contributed by atoms with van der Waals surface area (Å²) in [5.41, 5.74) is 3.01. The maximum Gasteiger partial charge on any atom is 0.322 e. The third kappa shape index (κ3) is 4.04. The maximum absolute atomic E-state index is 13.2. The summed E-state index contributed by atoms with van der Waals surface area (Å²) in [7, 11) is 0. The Morgan fingerprint density at radius 3 is 2.41 bits per heavy atom. The summed E-state index contributed by atoms with van der Waals surface area (Å²) in [6.45, 7) is 5.48. The highest BCUT2D eigenvalue weighted by molar-refractivity contribution is 6.35. The summed E-state index contributed by atoms with van der Waals surface area (Å²) in [6.07, 6.45) is 0. The van der Waals surface area contributed by atoms with Crippen LogP contribution in [0.2, 0.25) is 0 Å².